The van der Waals surface area contributed by atoms with Gasteiger partial charge in [0.05, 0.1) is 6.54 Å². The molecule has 5 nitrogen and oxygen atoms in total. The highest BCUT2D eigenvalue weighted by molar-refractivity contribution is 9.10. The fourth-order valence-corrected chi connectivity index (χ4v) is 2.30. The number of benzene rings is 1. The zero-order chi connectivity index (χ0) is 15.2. The number of anilines is 1. The van der Waals surface area contributed by atoms with Gasteiger partial charge in [0.2, 0.25) is 5.89 Å². The minimum Gasteiger partial charge on any atom is -0.407 e. The van der Waals surface area contributed by atoms with Crippen molar-refractivity contribution in [2.75, 3.05) is 18.5 Å². The van der Waals surface area contributed by atoms with Gasteiger partial charge >= 0.3 is 6.01 Å². The van der Waals surface area contributed by atoms with Crippen molar-refractivity contribution in [1.82, 2.24) is 15.5 Å². The third kappa shape index (κ3) is 4.82. The Morgan fingerprint density at radius 2 is 2.05 bits per heavy atom. The van der Waals surface area contributed by atoms with Gasteiger partial charge in [-0.1, -0.05) is 53.1 Å². The fraction of sp³-hybridized carbons (Fsp3) is 0.467. The number of aromatic nitrogens is 2. The minimum atomic E-state index is 0.534. The molecule has 0 atom stereocenters. The van der Waals surface area contributed by atoms with E-state index >= 15 is 0 Å². The zero-order valence-electron chi connectivity index (χ0n) is 12.6. The lowest BCUT2D eigenvalue weighted by molar-refractivity contribution is 0.450. The second kappa shape index (κ2) is 7.56. The predicted molar refractivity (Wildman–Crippen MR) is 87.1 cm³/mol. The Labute approximate surface area is 133 Å². The van der Waals surface area contributed by atoms with Crippen molar-refractivity contribution in [1.29, 1.82) is 0 Å². The van der Waals surface area contributed by atoms with E-state index in [4.69, 9.17) is 4.42 Å². The Hall–Kier alpha value is -1.40. The van der Waals surface area contributed by atoms with Crippen molar-refractivity contribution in [2.45, 2.75) is 26.9 Å². The Morgan fingerprint density at radius 3 is 2.76 bits per heavy atom. The predicted octanol–water partition coefficient (Wildman–Crippen LogP) is 3.21. The number of nitrogens with one attached hydrogen (secondary N) is 1. The van der Waals surface area contributed by atoms with Crippen LogP contribution in [0.1, 0.15) is 25.3 Å². The SMILES string of the molecule is CC(C)CNCc1nnc(N(C)Cc2ccccc2Br)o1. The molecule has 0 saturated carbocycles. The topological polar surface area (TPSA) is 54.2 Å². The van der Waals surface area contributed by atoms with Crippen LogP contribution in [0.2, 0.25) is 0 Å². The third-order valence-corrected chi connectivity index (χ3v) is 3.75. The average molecular weight is 353 g/mol. The quantitative estimate of drug-likeness (QED) is 0.828. The van der Waals surface area contributed by atoms with E-state index in [1.807, 2.05) is 30.1 Å². The summed E-state index contributed by atoms with van der Waals surface area (Å²) in [5.74, 6) is 1.22. The molecule has 2 aromatic rings. The lowest BCUT2D eigenvalue weighted by Crippen LogP contribution is -2.19. The maximum Gasteiger partial charge on any atom is 0.318 e. The van der Waals surface area contributed by atoms with E-state index in [-0.39, 0.29) is 0 Å². The van der Waals surface area contributed by atoms with Crippen LogP contribution in [0.3, 0.4) is 0 Å². The van der Waals surface area contributed by atoms with E-state index in [1.54, 1.807) is 0 Å². The van der Waals surface area contributed by atoms with Crippen molar-refractivity contribution < 1.29 is 4.42 Å². The largest absolute Gasteiger partial charge is 0.407 e. The van der Waals surface area contributed by atoms with Gasteiger partial charge in [0, 0.05) is 18.1 Å². The summed E-state index contributed by atoms with van der Waals surface area (Å²) in [6.07, 6.45) is 0. The van der Waals surface area contributed by atoms with Gasteiger partial charge in [-0.2, -0.15) is 0 Å². The summed E-state index contributed by atoms with van der Waals surface area (Å²) in [5, 5.41) is 11.4. The molecule has 1 heterocycles. The first-order valence-corrected chi connectivity index (χ1v) is 7.83. The molecule has 2 rings (SSSR count). The van der Waals surface area contributed by atoms with Gasteiger partial charge in [-0.3, -0.25) is 0 Å². The van der Waals surface area contributed by atoms with E-state index in [2.05, 4.69) is 51.4 Å². The van der Waals surface area contributed by atoms with Gasteiger partial charge < -0.3 is 14.6 Å². The Balaban J connectivity index is 1.93. The smallest absolute Gasteiger partial charge is 0.318 e. The van der Waals surface area contributed by atoms with Crippen molar-refractivity contribution in [3.8, 4) is 0 Å². The first kappa shape index (κ1) is 16.0. The highest BCUT2D eigenvalue weighted by Crippen LogP contribution is 2.20. The Kier molecular flexibility index (Phi) is 5.76. The van der Waals surface area contributed by atoms with Crippen molar-refractivity contribution in [3.63, 3.8) is 0 Å². The van der Waals surface area contributed by atoms with Crippen molar-refractivity contribution in [3.05, 3.63) is 40.2 Å². The van der Waals surface area contributed by atoms with E-state index in [0.717, 1.165) is 11.0 Å². The van der Waals surface area contributed by atoms with Gasteiger partial charge in [-0.05, 0) is 24.1 Å². The molecule has 114 valence electrons. The summed E-state index contributed by atoms with van der Waals surface area (Å²) in [5.41, 5.74) is 1.18. The summed E-state index contributed by atoms with van der Waals surface area (Å²) in [4.78, 5) is 1.94. The molecule has 1 aromatic heterocycles. The number of rotatable bonds is 7. The van der Waals surface area contributed by atoms with E-state index in [0.29, 0.717) is 30.9 Å². The average Bonchev–Trinajstić information content (AvgIpc) is 2.90. The molecule has 0 aliphatic carbocycles. The summed E-state index contributed by atoms with van der Waals surface area (Å²) < 4.78 is 6.74. The lowest BCUT2D eigenvalue weighted by Gasteiger charge is -2.14. The number of hydrogen-bond donors (Lipinski definition) is 1. The van der Waals surface area contributed by atoms with Crippen LogP contribution in [0, 0.1) is 5.92 Å². The highest BCUT2D eigenvalue weighted by atomic mass is 79.9. The summed E-state index contributed by atoms with van der Waals surface area (Å²) in [6.45, 7) is 6.58. The molecule has 0 spiro atoms. The second-order valence-electron chi connectivity index (χ2n) is 5.45. The maximum absolute atomic E-state index is 5.67. The molecule has 0 fully saturated rings. The Bertz CT molecular complexity index is 570. The molecule has 1 N–H and O–H groups in total. The molecule has 1 aromatic carbocycles. The van der Waals surface area contributed by atoms with Gasteiger partial charge in [0.25, 0.3) is 0 Å². The van der Waals surface area contributed by atoms with Gasteiger partial charge in [-0.25, -0.2) is 0 Å². The summed E-state index contributed by atoms with van der Waals surface area (Å²) in [6, 6.07) is 8.65. The molecule has 6 heteroatoms. The summed E-state index contributed by atoms with van der Waals surface area (Å²) >= 11 is 3.55. The lowest BCUT2D eigenvalue weighted by atomic mass is 10.2. The van der Waals surface area contributed by atoms with Crippen LogP contribution >= 0.6 is 15.9 Å². The van der Waals surface area contributed by atoms with Crippen molar-refractivity contribution in [2.24, 2.45) is 5.92 Å². The molecule has 0 saturated heterocycles. The maximum atomic E-state index is 5.67. The summed E-state index contributed by atoms with van der Waals surface area (Å²) in [7, 11) is 1.94. The van der Waals surface area contributed by atoms with Gasteiger partial charge in [0.1, 0.15) is 0 Å². The molecule has 0 aliphatic heterocycles. The van der Waals surface area contributed by atoms with Crippen LogP contribution in [0.15, 0.2) is 33.2 Å². The van der Waals surface area contributed by atoms with Crippen LogP contribution in [-0.2, 0) is 13.1 Å². The van der Waals surface area contributed by atoms with Gasteiger partial charge in [0.15, 0.2) is 0 Å². The Morgan fingerprint density at radius 1 is 1.29 bits per heavy atom. The molecule has 0 unspecified atom stereocenters. The van der Waals surface area contributed by atoms with Crippen LogP contribution in [-0.4, -0.2) is 23.8 Å². The molecular formula is C15H21BrN4O. The second-order valence-corrected chi connectivity index (χ2v) is 6.30. The normalized spacial score (nSPS) is 11.1. The number of halogens is 1. The monoisotopic (exact) mass is 352 g/mol. The molecule has 0 bridgehead atoms. The molecule has 0 aliphatic rings. The highest BCUT2D eigenvalue weighted by Gasteiger charge is 2.12. The van der Waals surface area contributed by atoms with Crippen LogP contribution in [0.25, 0.3) is 0 Å². The fourth-order valence-electron chi connectivity index (χ4n) is 1.89. The van der Waals surface area contributed by atoms with Crippen LogP contribution in [0.5, 0.6) is 0 Å². The van der Waals surface area contributed by atoms with E-state index in [1.165, 1.54) is 5.56 Å². The molecule has 0 amide bonds. The zero-order valence-corrected chi connectivity index (χ0v) is 14.2. The van der Waals surface area contributed by atoms with E-state index < -0.39 is 0 Å². The van der Waals surface area contributed by atoms with Crippen LogP contribution in [0.4, 0.5) is 6.01 Å². The third-order valence-electron chi connectivity index (χ3n) is 2.98. The molecule has 0 radical (unpaired) electrons. The minimum absolute atomic E-state index is 0.534. The molecule has 21 heavy (non-hydrogen) atoms. The standard InChI is InChI=1S/C15H21BrN4O/c1-11(2)8-17-9-14-18-19-15(21-14)20(3)10-12-6-4-5-7-13(12)16/h4-7,11,17H,8-10H2,1-3H3. The van der Waals surface area contributed by atoms with Crippen LogP contribution < -0.4 is 10.2 Å². The van der Waals surface area contributed by atoms with E-state index in [9.17, 15) is 0 Å². The number of hydrogen-bond acceptors (Lipinski definition) is 5. The first-order valence-electron chi connectivity index (χ1n) is 7.04. The van der Waals surface area contributed by atoms with Gasteiger partial charge in [-0.15, -0.1) is 5.10 Å². The molecular weight excluding hydrogens is 332 g/mol. The number of nitrogens with zero attached hydrogens (tertiary/aromatic N) is 3. The van der Waals surface area contributed by atoms with Crippen molar-refractivity contribution >= 4 is 21.9 Å². The first-order chi connectivity index (χ1) is 10.1.